The van der Waals surface area contributed by atoms with E-state index >= 15 is 0 Å². The molecule has 1 atom stereocenters. The number of aryl methyl sites for hydroxylation is 1. The molecule has 7 nitrogen and oxygen atoms in total. The number of ether oxygens (including phenoxy) is 2. The maximum Gasteiger partial charge on any atom is 0.180 e. The smallest absolute Gasteiger partial charge is 0.180 e. The summed E-state index contributed by atoms with van der Waals surface area (Å²) in [6, 6.07) is 14.1. The van der Waals surface area contributed by atoms with Gasteiger partial charge in [-0.15, -0.1) is 0 Å². The fraction of sp³-hybridized carbons (Fsp3) is 0.348. The molecule has 2 aromatic heterocycles. The minimum atomic E-state index is 0.290. The van der Waals surface area contributed by atoms with Crippen LogP contribution < -0.4 is 19.7 Å². The van der Waals surface area contributed by atoms with Crippen molar-refractivity contribution in [3.05, 3.63) is 54.4 Å². The number of hydrogen-bond donors (Lipinski definition) is 1. The number of pyridine rings is 1. The SMILES string of the molecule is CCc1cc(NC2CCN(c3cc(OC)cc(OC)c3)C2)nc(-c2ccccn2)n1. The number of nitrogens with zero attached hydrogens (tertiary/aromatic N) is 4. The van der Waals surface area contributed by atoms with E-state index in [0.717, 1.165) is 60.3 Å². The number of benzene rings is 1. The molecular formula is C23H27N5O2. The third kappa shape index (κ3) is 4.45. The van der Waals surface area contributed by atoms with Crippen LogP contribution in [0.15, 0.2) is 48.7 Å². The maximum atomic E-state index is 5.41. The average molecular weight is 406 g/mol. The molecule has 1 unspecified atom stereocenters. The Morgan fingerprint density at radius 2 is 1.87 bits per heavy atom. The van der Waals surface area contributed by atoms with E-state index in [1.54, 1.807) is 20.4 Å². The van der Waals surface area contributed by atoms with E-state index < -0.39 is 0 Å². The molecule has 1 saturated heterocycles. The normalized spacial score (nSPS) is 15.8. The molecule has 0 radical (unpaired) electrons. The Bertz CT molecular complexity index is 974. The lowest BCUT2D eigenvalue weighted by Crippen LogP contribution is -2.26. The molecule has 156 valence electrons. The first kappa shape index (κ1) is 19.9. The van der Waals surface area contributed by atoms with Gasteiger partial charge in [0.05, 0.1) is 14.2 Å². The van der Waals surface area contributed by atoms with Gasteiger partial charge in [-0.3, -0.25) is 4.98 Å². The van der Waals surface area contributed by atoms with Gasteiger partial charge in [0.15, 0.2) is 5.82 Å². The number of anilines is 2. The Balaban J connectivity index is 1.51. The molecule has 0 saturated carbocycles. The molecule has 0 aliphatic carbocycles. The van der Waals surface area contributed by atoms with Crippen molar-refractivity contribution in [2.45, 2.75) is 25.8 Å². The van der Waals surface area contributed by atoms with Gasteiger partial charge in [-0.05, 0) is 25.0 Å². The van der Waals surface area contributed by atoms with Gasteiger partial charge >= 0.3 is 0 Å². The summed E-state index contributed by atoms with van der Waals surface area (Å²) in [7, 11) is 3.35. The van der Waals surface area contributed by atoms with Crippen molar-refractivity contribution in [1.29, 1.82) is 0 Å². The molecule has 1 aliphatic rings. The molecule has 4 rings (SSSR count). The first-order valence-corrected chi connectivity index (χ1v) is 10.2. The first-order chi connectivity index (χ1) is 14.7. The average Bonchev–Trinajstić information content (AvgIpc) is 3.27. The van der Waals surface area contributed by atoms with Crippen LogP contribution in [-0.2, 0) is 6.42 Å². The van der Waals surface area contributed by atoms with Crippen LogP contribution in [0.2, 0.25) is 0 Å². The summed E-state index contributed by atoms with van der Waals surface area (Å²) < 4.78 is 10.8. The summed E-state index contributed by atoms with van der Waals surface area (Å²) in [5, 5.41) is 3.60. The van der Waals surface area contributed by atoms with Crippen molar-refractivity contribution in [2.24, 2.45) is 0 Å². The highest BCUT2D eigenvalue weighted by Gasteiger charge is 2.24. The Morgan fingerprint density at radius 3 is 2.53 bits per heavy atom. The second-order valence-corrected chi connectivity index (χ2v) is 7.28. The zero-order valence-electron chi connectivity index (χ0n) is 17.6. The van der Waals surface area contributed by atoms with Crippen molar-refractivity contribution in [1.82, 2.24) is 15.0 Å². The second kappa shape index (κ2) is 8.98. The zero-order chi connectivity index (χ0) is 20.9. The van der Waals surface area contributed by atoms with Crippen LogP contribution in [0.25, 0.3) is 11.5 Å². The molecule has 3 heterocycles. The number of rotatable bonds is 7. The molecule has 0 spiro atoms. The van der Waals surface area contributed by atoms with E-state index in [1.165, 1.54) is 0 Å². The molecule has 7 heteroatoms. The van der Waals surface area contributed by atoms with Crippen LogP contribution in [-0.4, -0.2) is 48.3 Å². The summed E-state index contributed by atoms with van der Waals surface area (Å²) in [5.41, 5.74) is 2.88. The summed E-state index contributed by atoms with van der Waals surface area (Å²) in [4.78, 5) is 16.1. The number of aromatic nitrogens is 3. The largest absolute Gasteiger partial charge is 0.497 e. The molecule has 3 aromatic rings. The van der Waals surface area contributed by atoms with Crippen molar-refractivity contribution in [3.8, 4) is 23.0 Å². The fourth-order valence-corrected chi connectivity index (χ4v) is 3.66. The van der Waals surface area contributed by atoms with Gasteiger partial charge in [-0.25, -0.2) is 9.97 Å². The van der Waals surface area contributed by atoms with Gasteiger partial charge in [0, 0.05) is 61.0 Å². The van der Waals surface area contributed by atoms with Crippen LogP contribution >= 0.6 is 0 Å². The molecule has 1 aliphatic heterocycles. The van der Waals surface area contributed by atoms with Gasteiger partial charge in [0.25, 0.3) is 0 Å². The van der Waals surface area contributed by atoms with E-state index in [4.69, 9.17) is 14.5 Å². The van der Waals surface area contributed by atoms with Crippen molar-refractivity contribution >= 4 is 11.5 Å². The van der Waals surface area contributed by atoms with Gasteiger partial charge in [-0.1, -0.05) is 13.0 Å². The van der Waals surface area contributed by atoms with E-state index in [0.29, 0.717) is 11.9 Å². The molecular weight excluding hydrogens is 378 g/mol. The maximum absolute atomic E-state index is 5.41. The monoisotopic (exact) mass is 405 g/mol. The molecule has 0 amide bonds. The summed E-state index contributed by atoms with van der Waals surface area (Å²) >= 11 is 0. The highest BCUT2D eigenvalue weighted by molar-refractivity contribution is 5.57. The molecule has 1 N–H and O–H groups in total. The predicted octanol–water partition coefficient (Wildman–Crippen LogP) is 3.81. The molecule has 1 aromatic carbocycles. The van der Waals surface area contributed by atoms with Crippen LogP contribution in [0.3, 0.4) is 0 Å². The third-order valence-electron chi connectivity index (χ3n) is 5.28. The standard InChI is InChI=1S/C23H27N5O2/c1-4-16-11-22(27-23(26-16)21-7-5-6-9-24-21)25-17-8-10-28(15-17)18-12-19(29-2)14-20(13-18)30-3/h5-7,9,11-14,17H,4,8,10,15H2,1-3H3,(H,25,26,27). The van der Waals surface area contributed by atoms with Crippen LogP contribution in [0.1, 0.15) is 19.0 Å². The van der Waals surface area contributed by atoms with Crippen molar-refractivity contribution in [3.63, 3.8) is 0 Å². The summed E-state index contributed by atoms with van der Waals surface area (Å²) in [5.74, 6) is 3.09. The second-order valence-electron chi connectivity index (χ2n) is 7.28. The lowest BCUT2D eigenvalue weighted by Gasteiger charge is -2.21. The number of hydrogen-bond acceptors (Lipinski definition) is 7. The van der Waals surface area contributed by atoms with Crippen LogP contribution in [0.5, 0.6) is 11.5 Å². The highest BCUT2D eigenvalue weighted by Crippen LogP contribution is 2.31. The van der Waals surface area contributed by atoms with Crippen LogP contribution in [0.4, 0.5) is 11.5 Å². The third-order valence-corrected chi connectivity index (χ3v) is 5.28. The summed E-state index contributed by atoms with van der Waals surface area (Å²) in [6.07, 6.45) is 3.63. The minimum Gasteiger partial charge on any atom is -0.497 e. The fourth-order valence-electron chi connectivity index (χ4n) is 3.66. The Hall–Kier alpha value is -3.35. The quantitative estimate of drug-likeness (QED) is 0.641. The summed E-state index contributed by atoms with van der Waals surface area (Å²) in [6.45, 7) is 3.93. The van der Waals surface area contributed by atoms with Gasteiger partial charge < -0.3 is 19.7 Å². The lowest BCUT2D eigenvalue weighted by molar-refractivity contribution is 0.394. The van der Waals surface area contributed by atoms with Crippen LogP contribution in [0, 0.1) is 0 Å². The van der Waals surface area contributed by atoms with E-state index in [-0.39, 0.29) is 0 Å². The van der Waals surface area contributed by atoms with Crippen molar-refractivity contribution in [2.75, 3.05) is 37.5 Å². The first-order valence-electron chi connectivity index (χ1n) is 10.2. The van der Waals surface area contributed by atoms with E-state index in [1.807, 2.05) is 42.5 Å². The van der Waals surface area contributed by atoms with E-state index in [9.17, 15) is 0 Å². The number of methoxy groups -OCH3 is 2. The minimum absolute atomic E-state index is 0.290. The molecule has 0 bridgehead atoms. The zero-order valence-corrected chi connectivity index (χ0v) is 17.6. The Labute approximate surface area is 177 Å². The predicted molar refractivity (Wildman–Crippen MR) is 118 cm³/mol. The van der Waals surface area contributed by atoms with Gasteiger partial charge in [0.2, 0.25) is 0 Å². The van der Waals surface area contributed by atoms with E-state index in [2.05, 4.69) is 27.1 Å². The lowest BCUT2D eigenvalue weighted by atomic mass is 10.2. The topological polar surface area (TPSA) is 72.4 Å². The Morgan fingerprint density at radius 1 is 1.07 bits per heavy atom. The molecule has 30 heavy (non-hydrogen) atoms. The van der Waals surface area contributed by atoms with Crippen molar-refractivity contribution < 1.29 is 9.47 Å². The van der Waals surface area contributed by atoms with Gasteiger partial charge in [0.1, 0.15) is 23.0 Å². The Kier molecular flexibility index (Phi) is 5.97. The van der Waals surface area contributed by atoms with Gasteiger partial charge in [-0.2, -0.15) is 0 Å². The highest BCUT2D eigenvalue weighted by atomic mass is 16.5. The molecule has 1 fully saturated rings. The number of nitrogens with one attached hydrogen (secondary N) is 1.